The van der Waals surface area contributed by atoms with Gasteiger partial charge in [0.05, 0.1) is 12.0 Å². The summed E-state index contributed by atoms with van der Waals surface area (Å²) >= 11 is 1.75. The summed E-state index contributed by atoms with van der Waals surface area (Å²) in [6.07, 6.45) is 2.32. The molecular weight excluding hydrogens is 184 g/mol. The van der Waals surface area contributed by atoms with E-state index in [1.807, 2.05) is 12.1 Å². The maximum absolute atomic E-state index is 10.8. The molecule has 1 aromatic rings. The molecule has 1 atom stereocenters. The van der Waals surface area contributed by atoms with Gasteiger partial charge in [-0.15, -0.1) is 0 Å². The number of carbonyl (C=O) groups is 1. The topological polar surface area (TPSA) is 30.2 Å². The van der Waals surface area contributed by atoms with Crippen molar-refractivity contribution >= 4 is 17.5 Å². The SMILES string of the molecule is CC(=O)C[C@H](C)SCc1ccco1. The zero-order valence-corrected chi connectivity index (χ0v) is 8.76. The molecule has 0 aliphatic rings. The Hall–Kier alpha value is -0.700. The highest BCUT2D eigenvalue weighted by Gasteiger charge is 2.06. The molecule has 0 saturated heterocycles. The average molecular weight is 198 g/mol. The smallest absolute Gasteiger partial charge is 0.130 e. The summed E-state index contributed by atoms with van der Waals surface area (Å²) in [5.41, 5.74) is 0. The van der Waals surface area contributed by atoms with Crippen molar-refractivity contribution in [3.8, 4) is 0 Å². The van der Waals surface area contributed by atoms with Crippen LogP contribution in [-0.4, -0.2) is 11.0 Å². The van der Waals surface area contributed by atoms with E-state index in [1.54, 1.807) is 24.9 Å². The average Bonchev–Trinajstić information content (AvgIpc) is 2.51. The van der Waals surface area contributed by atoms with Gasteiger partial charge in [-0.05, 0) is 19.1 Å². The second kappa shape index (κ2) is 5.12. The summed E-state index contributed by atoms with van der Waals surface area (Å²) in [5, 5.41) is 0.377. The summed E-state index contributed by atoms with van der Waals surface area (Å²) in [6.45, 7) is 3.69. The van der Waals surface area contributed by atoms with Gasteiger partial charge in [0.15, 0.2) is 0 Å². The van der Waals surface area contributed by atoms with E-state index in [4.69, 9.17) is 4.42 Å². The van der Waals surface area contributed by atoms with E-state index in [0.717, 1.165) is 11.5 Å². The molecule has 1 heterocycles. The lowest BCUT2D eigenvalue weighted by Crippen LogP contribution is -2.03. The Morgan fingerprint density at radius 1 is 1.69 bits per heavy atom. The van der Waals surface area contributed by atoms with Crippen molar-refractivity contribution in [1.82, 2.24) is 0 Å². The van der Waals surface area contributed by atoms with Gasteiger partial charge in [-0.3, -0.25) is 4.79 Å². The van der Waals surface area contributed by atoms with Crippen LogP contribution >= 0.6 is 11.8 Å². The maximum atomic E-state index is 10.8. The maximum Gasteiger partial charge on any atom is 0.130 e. The van der Waals surface area contributed by atoms with Gasteiger partial charge in [-0.25, -0.2) is 0 Å². The van der Waals surface area contributed by atoms with Crippen LogP contribution in [0.1, 0.15) is 26.0 Å². The number of furan rings is 1. The van der Waals surface area contributed by atoms with E-state index < -0.39 is 0 Å². The molecule has 0 N–H and O–H groups in total. The Morgan fingerprint density at radius 3 is 3.00 bits per heavy atom. The summed E-state index contributed by atoms with van der Waals surface area (Å²) in [5.74, 6) is 2.07. The first kappa shape index (κ1) is 10.4. The van der Waals surface area contributed by atoms with E-state index in [-0.39, 0.29) is 5.78 Å². The van der Waals surface area contributed by atoms with Crippen LogP contribution in [0.25, 0.3) is 0 Å². The quantitative estimate of drug-likeness (QED) is 0.728. The van der Waals surface area contributed by atoms with Crippen molar-refractivity contribution in [3.63, 3.8) is 0 Å². The third-order valence-corrected chi connectivity index (χ3v) is 2.85. The number of thioether (sulfide) groups is 1. The first-order valence-electron chi connectivity index (χ1n) is 4.32. The lowest BCUT2D eigenvalue weighted by molar-refractivity contribution is -0.116. The molecule has 0 radical (unpaired) electrons. The molecule has 0 aromatic carbocycles. The molecule has 2 nitrogen and oxygen atoms in total. The lowest BCUT2D eigenvalue weighted by atomic mass is 10.2. The van der Waals surface area contributed by atoms with Crippen LogP contribution in [0.15, 0.2) is 22.8 Å². The molecule has 0 saturated carbocycles. The molecule has 1 rings (SSSR count). The van der Waals surface area contributed by atoms with Crippen molar-refractivity contribution < 1.29 is 9.21 Å². The number of hydrogen-bond acceptors (Lipinski definition) is 3. The van der Waals surface area contributed by atoms with Crippen molar-refractivity contribution in [3.05, 3.63) is 24.2 Å². The van der Waals surface area contributed by atoms with E-state index in [9.17, 15) is 4.79 Å². The van der Waals surface area contributed by atoms with Gasteiger partial charge in [0.25, 0.3) is 0 Å². The van der Waals surface area contributed by atoms with E-state index in [1.165, 1.54) is 0 Å². The fourth-order valence-electron chi connectivity index (χ4n) is 1.08. The van der Waals surface area contributed by atoms with Crippen molar-refractivity contribution in [2.24, 2.45) is 0 Å². The van der Waals surface area contributed by atoms with Crippen molar-refractivity contribution in [2.75, 3.05) is 0 Å². The Balaban J connectivity index is 2.22. The summed E-state index contributed by atoms with van der Waals surface area (Å²) in [7, 11) is 0. The van der Waals surface area contributed by atoms with Gasteiger partial charge < -0.3 is 4.42 Å². The van der Waals surface area contributed by atoms with Gasteiger partial charge in [-0.1, -0.05) is 6.92 Å². The molecule has 0 bridgehead atoms. The minimum absolute atomic E-state index is 0.249. The predicted molar refractivity (Wildman–Crippen MR) is 54.8 cm³/mol. The Bertz CT molecular complexity index is 254. The molecular formula is C10H14O2S. The van der Waals surface area contributed by atoms with Crippen LogP contribution < -0.4 is 0 Å². The second-order valence-corrected chi connectivity index (χ2v) is 4.53. The van der Waals surface area contributed by atoms with Gasteiger partial charge in [0, 0.05) is 11.7 Å². The van der Waals surface area contributed by atoms with Gasteiger partial charge >= 0.3 is 0 Å². The first-order chi connectivity index (χ1) is 6.18. The fourth-order valence-corrected chi connectivity index (χ4v) is 2.05. The number of Topliss-reactive ketones (excluding diaryl/α,β-unsaturated/α-hetero) is 1. The zero-order chi connectivity index (χ0) is 9.68. The summed E-state index contributed by atoms with van der Waals surface area (Å²) in [6, 6.07) is 3.83. The van der Waals surface area contributed by atoms with Crippen LogP contribution in [0.5, 0.6) is 0 Å². The third-order valence-electron chi connectivity index (χ3n) is 1.67. The van der Waals surface area contributed by atoms with Crippen LogP contribution in [-0.2, 0) is 10.5 Å². The molecule has 0 aliphatic heterocycles. The largest absolute Gasteiger partial charge is 0.468 e. The molecule has 0 spiro atoms. The van der Waals surface area contributed by atoms with Crippen LogP contribution in [0.3, 0.4) is 0 Å². The fraction of sp³-hybridized carbons (Fsp3) is 0.500. The summed E-state index contributed by atoms with van der Waals surface area (Å²) in [4.78, 5) is 10.8. The van der Waals surface area contributed by atoms with E-state index in [2.05, 4.69) is 6.92 Å². The van der Waals surface area contributed by atoms with Crippen LogP contribution in [0.2, 0.25) is 0 Å². The highest BCUT2D eigenvalue weighted by Crippen LogP contribution is 2.20. The first-order valence-corrected chi connectivity index (χ1v) is 5.37. The molecule has 0 fully saturated rings. The molecule has 0 amide bonds. The molecule has 13 heavy (non-hydrogen) atoms. The van der Waals surface area contributed by atoms with Crippen LogP contribution in [0.4, 0.5) is 0 Å². The third kappa shape index (κ3) is 4.18. The number of hydrogen-bond donors (Lipinski definition) is 0. The van der Waals surface area contributed by atoms with Crippen LogP contribution in [0, 0.1) is 0 Å². The highest BCUT2D eigenvalue weighted by atomic mass is 32.2. The normalized spacial score (nSPS) is 12.8. The zero-order valence-electron chi connectivity index (χ0n) is 7.95. The second-order valence-electron chi connectivity index (χ2n) is 3.11. The Morgan fingerprint density at radius 2 is 2.46 bits per heavy atom. The van der Waals surface area contributed by atoms with Crippen molar-refractivity contribution in [1.29, 1.82) is 0 Å². The lowest BCUT2D eigenvalue weighted by Gasteiger charge is -2.06. The Labute approximate surface area is 82.7 Å². The minimum atomic E-state index is 0.249. The van der Waals surface area contributed by atoms with Gasteiger partial charge in [0.1, 0.15) is 11.5 Å². The van der Waals surface area contributed by atoms with Gasteiger partial charge in [-0.2, -0.15) is 11.8 Å². The number of ketones is 1. The number of rotatable bonds is 5. The molecule has 0 aliphatic carbocycles. The summed E-state index contributed by atoms with van der Waals surface area (Å²) < 4.78 is 5.18. The van der Waals surface area contributed by atoms with Gasteiger partial charge in [0.2, 0.25) is 0 Å². The standard InChI is InChI=1S/C10H14O2S/c1-8(11)6-9(2)13-7-10-4-3-5-12-10/h3-5,9H,6-7H2,1-2H3/t9-/m0/s1. The van der Waals surface area contributed by atoms with Crippen molar-refractivity contribution in [2.45, 2.75) is 31.3 Å². The van der Waals surface area contributed by atoms with E-state index in [0.29, 0.717) is 11.7 Å². The number of carbonyl (C=O) groups excluding carboxylic acids is 1. The minimum Gasteiger partial charge on any atom is -0.468 e. The Kier molecular flexibility index (Phi) is 4.09. The molecule has 0 unspecified atom stereocenters. The molecule has 3 heteroatoms. The monoisotopic (exact) mass is 198 g/mol. The predicted octanol–water partition coefficient (Wildman–Crippen LogP) is 2.88. The highest BCUT2D eigenvalue weighted by molar-refractivity contribution is 7.99. The van der Waals surface area contributed by atoms with E-state index >= 15 is 0 Å². The molecule has 72 valence electrons. The molecule has 1 aromatic heterocycles.